The van der Waals surface area contributed by atoms with E-state index in [-0.39, 0.29) is 0 Å². The summed E-state index contributed by atoms with van der Waals surface area (Å²) in [6.45, 7) is 5.11. The van der Waals surface area contributed by atoms with Crippen molar-refractivity contribution in [1.82, 2.24) is 30.3 Å². The Morgan fingerprint density at radius 2 is 2.00 bits per heavy atom. The minimum atomic E-state index is 0.463. The Bertz CT molecular complexity index is 1170. The third-order valence-corrected chi connectivity index (χ3v) is 6.40. The van der Waals surface area contributed by atoms with Crippen molar-refractivity contribution in [2.75, 3.05) is 38.6 Å². The maximum absolute atomic E-state index is 6.25. The lowest BCUT2D eigenvalue weighted by atomic mass is 10.0. The van der Waals surface area contributed by atoms with Crippen LogP contribution in [-0.2, 0) is 11.2 Å². The van der Waals surface area contributed by atoms with Crippen LogP contribution in [0.2, 0.25) is 0 Å². The number of fused-ring (bicyclic) bond motifs is 4. The van der Waals surface area contributed by atoms with Crippen LogP contribution < -0.4 is 5.73 Å². The van der Waals surface area contributed by atoms with E-state index >= 15 is 0 Å². The Labute approximate surface area is 167 Å². The van der Waals surface area contributed by atoms with Gasteiger partial charge in [-0.3, -0.25) is 10.2 Å². The molecular formula is C21H23N7O. The van der Waals surface area contributed by atoms with E-state index < -0.39 is 0 Å². The molecule has 8 nitrogen and oxygen atoms in total. The Kier molecular flexibility index (Phi) is 3.82. The Hall–Kier alpha value is -2.97. The fourth-order valence-corrected chi connectivity index (χ4v) is 4.87. The molecule has 6 rings (SSSR count). The van der Waals surface area contributed by atoms with Crippen LogP contribution in [-0.4, -0.2) is 63.1 Å². The van der Waals surface area contributed by atoms with Crippen LogP contribution in [0.1, 0.15) is 5.69 Å². The van der Waals surface area contributed by atoms with Gasteiger partial charge in [0.15, 0.2) is 5.82 Å². The molecule has 2 atom stereocenters. The zero-order valence-corrected chi connectivity index (χ0v) is 16.1. The van der Waals surface area contributed by atoms with Gasteiger partial charge in [0.1, 0.15) is 5.52 Å². The minimum Gasteiger partial charge on any atom is -0.382 e. The van der Waals surface area contributed by atoms with Gasteiger partial charge in [-0.05, 0) is 12.1 Å². The lowest BCUT2D eigenvalue weighted by molar-refractivity contribution is 0.155. The number of anilines is 1. The summed E-state index contributed by atoms with van der Waals surface area (Å²) in [5.41, 5.74) is 11.0. The van der Waals surface area contributed by atoms with Crippen molar-refractivity contribution in [2.24, 2.45) is 11.8 Å². The maximum atomic E-state index is 6.25. The number of nitrogen functional groups attached to an aromatic ring is 1. The third kappa shape index (κ3) is 2.79. The number of aromatic amines is 2. The second kappa shape index (κ2) is 6.53. The van der Waals surface area contributed by atoms with Crippen LogP contribution in [0.3, 0.4) is 0 Å². The molecule has 2 aliphatic rings. The first-order valence-electron chi connectivity index (χ1n) is 10.1. The van der Waals surface area contributed by atoms with E-state index in [9.17, 15) is 0 Å². The minimum absolute atomic E-state index is 0.463. The molecule has 3 aromatic heterocycles. The van der Waals surface area contributed by atoms with E-state index in [4.69, 9.17) is 10.5 Å². The first kappa shape index (κ1) is 16.9. The summed E-state index contributed by atoms with van der Waals surface area (Å²) in [7, 11) is 0. The molecule has 0 amide bonds. The Morgan fingerprint density at radius 1 is 1.14 bits per heavy atom. The number of nitrogens with two attached hydrogens (primary N) is 1. The van der Waals surface area contributed by atoms with Gasteiger partial charge in [0.2, 0.25) is 0 Å². The molecule has 148 valence electrons. The molecule has 1 aromatic carbocycles. The van der Waals surface area contributed by atoms with Crippen molar-refractivity contribution in [3.05, 3.63) is 36.2 Å². The lowest BCUT2D eigenvalue weighted by Crippen LogP contribution is -2.25. The molecule has 0 bridgehead atoms. The summed E-state index contributed by atoms with van der Waals surface area (Å²) in [4.78, 5) is 7.15. The quantitative estimate of drug-likeness (QED) is 0.494. The highest BCUT2D eigenvalue weighted by Gasteiger charge is 2.36. The van der Waals surface area contributed by atoms with Gasteiger partial charge in [-0.1, -0.05) is 12.1 Å². The number of ether oxygens (including phenoxy) is 1. The molecule has 2 fully saturated rings. The molecule has 2 saturated heterocycles. The normalized spacial score (nSPS) is 22.1. The van der Waals surface area contributed by atoms with Gasteiger partial charge in [-0.2, -0.15) is 10.2 Å². The number of pyridine rings is 1. The van der Waals surface area contributed by atoms with E-state index in [1.54, 1.807) is 6.20 Å². The van der Waals surface area contributed by atoms with Gasteiger partial charge in [-0.15, -0.1) is 0 Å². The summed E-state index contributed by atoms with van der Waals surface area (Å²) in [6.07, 6.45) is 2.66. The van der Waals surface area contributed by atoms with Crippen molar-refractivity contribution in [2.45, 2.75) is 6.42 Å². The predicted octanol–water partition coefficient (Wildman–Crippen LogP) is 2.20. The number of hydrogen-bond donors (Lipinski definition) is 3. The Balaban J connectivity index is 1.34. The average Bonchev–Trinajstić information content (AvgIpc) is 3.49. The standard InChI is InChI=1S/C21H23N7O/c22-21-20-19(15-2-1-12(7-18(15)24-21)16-3-5-23-25-16)17(26-27-20)4-6-28-8-13-10-29-11-14(13)9-28/h1-3,5,7,13-14H,4,6,8-11H2,(H2,22,24)(H,23,25)(H,26,27). The average molecular weight is 389 g/mol. The van der Waals surface area contributed by atoms with Gasteiger partial charge in [0.05, 0.1) is 24.4 Å². The van der Waals surface area contributed by atoms with Crippen LogP contribution in [0.5, 0.6) is 0 Å². The van der Waals surface area contributed by atoms with Crippen molar-refractivity contribution in [1.29, 1.82) is 0 Å². The smallest absolute Gasteiger partial charge is 0.152 e. The summed E-state index contributed by atoms with van der Waals surface area (Å²) < 4.78 is 5.60. The van der Waals surface area contributed by atoms with Gasteiger partial charge in [-0.25, -0.2) is 4.98 Å². The number of nitrogens with zero attached hydrogens (tertiary/aromatic N) is 4. The highest BCUT2D eigenvalue weighted by atomic mass is 16.5. The van der Waals surface area contributed by atoms with Crippen LogP contribution >= 0.6 is 0 Å². The largest absolute Gasteiger partial charge is 0.382 e. The fraction of sp³-hybridized carbons (Fsp3) is 0.381. The molecular weight excluding hydrogens is 366 g/mol. The van der Waals surface area contributed by atoms with Crippen LogP contribution in [0, 0.1) is 11.8 Å². The number of nitrogens with one attached hydrogen (secondary N) is 2. The maximum Gasteiger partial charge on any atom is 0.152 e. The van der Waals surface area contributed by atoms with E-state index in [0.29, 0.717) is 17.7 Å². The monoisotopic (exact) mass is 389 g/mol. The van der Waals surface area contributed by atoms with E-state index in [0.717, 1.165) is 78.0 Å². The molecule has 0 saturated carbocycles. The van der Waals surface area contributed by atoms with Gasteiger partial charge in [0.25, 0.3) is 0 Å². The highest BCUT2D eigenvalue weighted by molar-refractivity contribution is 6.10. The highest BCUT2D eigenvalue weighted by Crippen LogP contribution is 2.33. The summed E-state index contributed by atoms with van der Waals surface area (Å²) >= 11 is 0. The van der Waals surface area contributed by atoms with Crippen molar-refractivity contribution < 1.29 is 4.74 Å². The molecule has 0 spiro atoms. The molecule has 8 heteroatoms. The molecule has 4 aromatic rings. The fourth-order valence-electron chi connectivity index (χ4n) is 4.87. The first-order chi connectivity index (χ1) is 14.3. The molecule has 0 aliphatic carbocycles. The number of rotatable bonds is 4. The summed E-state index contributed by atoms with van der Waals surface area (Å²) in [5.74, 6) is 1.87. The molecule has 4 N–H and O–H groups in total. The summed E-state index contributed by atoms with van der Waals surface area (Å²) in [5, 5.41) is 16.9. The van der Waals surface area contributed by atoms with E-state index in [1.807, 2.05) is 6.07 Å². The zero-order chi connectivity index (χ0) is 19.4. The summed E-state index contributed by atoms with van der Waals surface area (Å²) in [6, 6.07) is 8.20. The molecule has 2 aliphatic heterocycles. The van der Waals surface area contributed by atoms with Crippen molar-refractivity contribution in [3.8, 4) is 11.3 Å². The topological polar surface area (TPSA) is 109 Å². The van der Waals surface area contributed by atoms with Crippen molar-refractivity contribution >= 4 is 27.6 Å². The van der Waals surface area contributed by atoms with Gasteiger partial charge < -0.3 is 15.4 Å². The van der Waals surface area contributed by atoms with Crippen molar-refractivity contribution in [3.63, 3.8) is 0 Å². The molecule has 29 heavy (non-hydrogen) atoms. The third-order valence-electron chi connectivity index (χ3n) is 6.40. The molecule has 0 radical (unpaired) electrons. The second-order valence-electron chi connectivity index (χ2n) is 8.19. The first-order valence-corrected chi connectivity index (χ1v) is 10.1. The molecule has 2 unspecified atom stereocenters. The van der Waals surface area contributed by atoms with Crippen LogP contribution in [0.25, 0.3) is 33.1 Å². The second-order valence-corrected chi connectivity index (χ2v) is 8.19. The van der Waals surface area contributed by atoms with Crippen LogP contribution in [0.15, 0.2) is 30.5 Å². The van der Waals surface area contributed by atoms with Gasteiger partial charge >= 0.3 is 0 Å². The molecule has 5 heterocycles. The number of benzene rings is 1. The predicted molar refractivity (Wildman–Crippen MR) is 111 cm³/mol. The van der Waals surface area contributed by atoms with E-state index in [1.165, 1.54) is 0 Å². The zero-order valence-electron chi connectivity index (χ0n) is 16.1. The number of likely N-dealkylation sites (tertiary alicyclic amines) is 1. The number of hydrogen-bond acceptors (Lipinski definition) is 6. The van der Waals surface area contributed by atoms with Crippen LogP contribution in [0.4, 0.5) is 5.82 Å². The number of aromatic nitrogens is 5. The lowest BCUT2D eigenvalue weighted by Gasteiger charge is -2.16. The number of H-pyrrole nitrogens is 2. The SMILES string of the molecule is Nc1nc2cc(-c3ccn[nH]3)ccc2c2c(CCN3CC4COCC4C3)[nH]nc12. The Morgan fingerprint density at radius 3 is 2.79 bits per heavy atom. The van der Waals surface area contributed by atoms with E-state index in [2.05, 4.69) is 48.5 Å². The van der Waals surface area contributed by atoms with Gasteiger partial charge in [0, 0.05) is 66.1 Å².